The molecule has 0 unspecified atom stereocenters. The second kappa shape index (κ2) is 7.97. The Balaban J connectivity index is 1.78. The zero-order chi connectivity index (χ0) is 17.6. The van der Waals surface area contributed by atoms with Crippen LogP contribution in [-0.2, 0) is 0 Å². The summed E-state index contributed by atoms with van der Waals surface area (Å²) in [6, 6.07) is 1.76. The van der Waals surface area contributed by atoms with Crippen LogP contribution in [0.15, 0.2) is 37.1 Å². The highest BCUT2D eigenvalue weighted by Crippen LogP contribution is 2.31. The number of anilines is 2. The van der Waals surface area contributed by atoms with E-state index < -0.39 is 0 Å². The van der Waals surface area contributed by atoms with E-state index in [-0.39, 0.29) is 11.1 Å². The van der Waals surface area contributed by atoms with Gasteiger partial charge in [0, 0.05) is 49.6 Å². The van der Waals surface area contributed by atoms with Crippen LogP contribution in [0.1, 0.15) is 10.4 Å². The van der Waals surface area contributed by atoms with Crippen molar-refractivity contribution in [3.63, 3.8) is 0 Å². The molecule has 4 N–H and O–H groups in total. The van der Waals surface area contributed by atoms with Crippen molar-refractivity contribution < 1.29 is 4.79 Å². The Morgan fingerprint density at radius 1 is 1.20 bits per heavy atom. The summed E-state index contributed by atoms with van der Waals surface area (Å²) >= 11 is 7.36. The molecule has 0 aliphatic carbocycles. The average Bonchev–Trinajstić information content (AvgIpc) is 3.10. The molecular formula is C15H14ClN7OS. The molecule has 0 bridgehead atoms. The largest absolute Gasteiger partial charge is 0.351 e. The third kappa shape index (κ3) is 4.27. The fraction of sp³-hybridized carbons (Fsp3) is 0.133. The molecule has 0 spiro atoms. The molecule has 3 heterocycles. The first kappa shape index (κ1) is 17.2. The van der Waals surface area contributed by atoms with Gasteiger partial charge < -0.3 is 16.4 Å². The molecule has 3 aromatic heterocycles. The lowest BCUT2D eigenvalue weighted by molar-refractivity contribution is 0.0954. The van der Waals surface area contributed by atoms with Gasteiger partial charge in [-0.15, -0.1) is 0 Å². The average molecular weight is 376 g/mol. The number of nitrogens with one attached hydrogen (secondary N) is 2. The minimum atomic E-state index is -0.214. The highest BCUT2D eigenvalue weighted by atomic mass is 35.5. The molecule has 0 fully saturated rings. The molecule has 0 saturated carbocycles. The number of carbonyl (C=O) groups is 1. The van der Waals surface area contributed by atoms with Crippen LogP contribution in [-0.4, -0.2) is 38.9 Å². The first-order valence-corrected chi connectivity index (χ1v) is 8.50. The van der Waals surface area contributed by atoms with Crippen molar-refractivity contribution in [1.82, 2.24) is 25.3 Å². The lowest BCUT2D eigenvalue weighted by atomic mass is 10.2. The van der Waals surface area contributed by atoms with Gasteiger partial charge in [0.25, 0.3) is 5.91 Å². The summed E-state index contributed by atoms with van der Waals surface area (Å²) in [6.07, 6.45) is 7.92. The molecule has 3 aromatic rings. The smallest absolute Gasteiger partial charge is 0.252 e. The molecule has 8 nitrogen and oxygen atoms in total. The van der Waals surface area contributed by atoms with Crippen molar-refractivity contribution in [2.75, 3.05) is 18.4 Å². The van der Waals surface area contributed by atoms with Gasteiger partial charge in [0.05, 0.1) is 10.4 Å². The lowest BCUT2D eigenvalue weighted by Crippen LogP contribution is -2.29. The van der Waals surface area contributed by atoms with Gasteiger partial charge >= 0.3 is 0 Å². The molecular weight excluding hydrogens is 362 g/mol. The minimum Gasteiger partial charge on any atom is -0.351 e. The molecule has 0 aliphatic rings. The molecule has 0 saturated heterocycles. The number of hydrogen-bond acceptors (Lipinski definition) is 8. The fourth-order valence-electron chi connectivity index (χ4n) is 1.96. The zero-order valence-corrected chi connectivity index (χ0v) is 14.5. The number of rotatable bonds is 6. The monoisotopic (exact) mass is 375 g/mol. The maximum Gasteiger partial charge on any atom is 0.252 e. The van der Waals surface area contributed by atoms with Crippen LogP contribution in [0.4, 0.5) is 10.9 Å². The summed E-state index contributed by atoms with van der Waals surface area (Å²) in [6.45, 7) is 0.796. The number of halogens is 1. The molecule has 0 aromatic carbocycles. The number of carbonyl (C=O) groups excluding carboxylic acids is 1. The van der Waals surface area contributed by atoms with Crippen molar-refractivity contribution in [2.45, 2.75) is 0 Å². The van der Waals surface area contributed by atoms with E-state index in [4.69, 9.17) is 17.3 Å². The lowest BCUT2D eigenvalue weighted by Gasteiger charge is -2.04. The molecule has 0 aliphatic heterocycles. The second-order valence-electron chi connectivity index (χ2n) is 4.86. The number of hydrogen-bond donors (Lipinski definition) is 3. The summed E-state index contributed by atoms with van der Waals surface area (Å²) in [5.41, 5.74) is 6.64. The van der Waals surface area contributed by atoms with Crippen LogP contribution in [0.5, 0.6) is 0 Å². The van der Waals surface area contributed by atoms with E-state index in [1.54, 1.807) is 18.5 Å². The van der Waals surface area contributed by atoms with Crippen LogP contribution < -0.4 is 16.4 Å². The van der Waals surface area contributed by atoms with Gasteiger partial charge in [-0.3, -0.25) is 9.78 Å². The quantitative estimate of drug-likeness (QED) is 0.603. The topological polar surface area (TPSA) is 119 Å². The third-order valence-corrected chi connectivity index (χ3v) is 4.34. The standard InChI is InChI=1S/C15H14ClN7OS/c16-12-13(20-4-3-19-12)23-15-22-8-11(25-15)9-5-10(7-18-6-9)14(24)21-2-1-17/h3-8H,1-2,17H2,(H,21,24)(H,20,22,23). The Morgan fingerprint density at radius 2 is 2.04 bits per heavy atom. The Bertz CT molecular complexity index is 886. The maximum absolute atomic E-state index is 12.0. The van der Waals surface area contributed by atoms with Gasteiger partial charge in [-0.2, -0.15) is 0 Å². The Labute approximate surface area is 152 Å². The molecule has 0 atom stereocenters. The van der Waals surface area contributed by atoms with Crippen LogP contribution in [0, 0.1) is 0 Å². The summed E-state index contributed by atoms with van der Waals surface area (Å²) in [7, 11) is 0. The van der Waals surface area contributed by atoms with E-state index in [1.165, 1.54) is 29.9 Å². The first-order valence-electron chi connectivity index (χ1n) is 7.30. The van der Waals surface area contributed by atoms with E-state index in [0.29, 0.717) is 29.6 Å². The van der Waals surface area contributed by atoms with Crippen LogP contribution in [0.25, 0.3) is 10.4 Å². The van der Waals surface area contributed by atoms with E-state index in [1.807, 2.05) is 0 Å². The fourth-order valence-corrected chi connectivity index (χ4v) is 2.91. The predicted octanol–water partition coefficient (Wildman–Crippen LogP) is 2.08. The van der Waals surface area contributed by atoms with Crippen molar-refractivity contribution in [3.05, 3.63) is 47.8 Å². The van der Waals surface area contributed by atoms with Crippen molar-refractivity contribution in [1.29, 1.82) is 0 Å². The maximum atomic E-state index is 12.0. The van der Waals surface area contributed by atoms with Gasteiger partial charge in [0.1, 0.15) is 0 Å². The summed E-state index contributed by atoms with van der Waals surface area (Å²) in [5.74, 6) is 0.215. The van der Waals surface area contributed by atoms with Crippen LogP contribution in [0.2, 0.25) is 5.15 Å². The zero-order valence-electron chi connectivity index (χ0n) is 12.9. The number of thiazole rings is 1. The Kier molecular flexibility index (Phi) is 5.49. The number of aromatic nitrogens is 4. The molecule has 128 valence electrons. The number of nitrogens with zero attached hydrogens (tertiary/aromatic N) is 4. The SMILES string of the molecule is NCCNC(=O)c1cncc(-c2cnc(Nc3nccnc3Cl)s2)c1. The van der Waals surface area contributed by atoms with Gasteiger partial charge in [-0.25, -0.2) is 15.0 Å². The van der Waals surface area contributed by atoms with Gasteiger partial charge in [0.15, 0.2) is 16.1 Å². The van der Waals surface area contributed by atoms with Gasteiger partial charge in [-0.1, -0.05) is 22.9 Å². The molecule has 25 heavy (non-hydrogen) atoms. The highest BCUT2D eigenvalue weighted by molar-refractivity contribution is 7.18. The number of nitrogens with two attached hydrogens (primary N) is 1. The van der Waals surface area contributed by atoms with E-state index >= 15 is 0 Å². The first-order chi connectivity index (χ1) is 12.2. The number of pyridine rings is 1. The van der Waals surface area contributed by atoms with Crippen LogP contribution in [0.3, 0.4) is 0 Å². The summed E-state index contributed by atoms with van der Waals surface area (Å²) < 4.78 is 0. The minimum absolute atomic E-state index is 0.214. The Hall–Kier alpha value is -2.62. The van der Waals surface area contributed by atoms with E-state index in [0.717, 1.165) is 10.4 Å². The van der Waals surface area contributed by atoms with E-state index in [2.05, 4.69) is 30.6 Å². The summed E-state index contributed by atoms with van der Waals surface area (Å²) in [4.78, 5) is 29.3. The molecule has 0 radical (unpaired) electrons. The third-order valence-electron chi connectivity index (χ3n) is 3.10. The Morgan fingerprint density at radius 3 is 2.84 bits per heavy atom. The number of amides is 1. The van der Waals surface area contributed by atoms with E-state index in [9.17, 15) is 4.79 Å². The van der Waals surface area contributed by atoms with Gasteiger partial charge in [-0.05, 0) is 6.07 Å². The highest BCUT2D eigenvalue weighted by Gasteiger charge is 2.11. The van der Waals surface area contributed by atoms with Gasteiger partial charge in [0.2, 0.25) is 0 Å². The molecule has 3 rings (SSSR count). The predicted molar refractivity (Wildman–Crippen MR) is 97.1 cm³/mol. The molecule has 10 heteroatoms. The summed E-state index contributed by atoms with van der Waals surface area (Å²) in [5, 5.41) is 6.60. The second-order valence-corrected chi connectivity index (χ2v) is 6.25. The molecule has 1 amide bonds. The van der Waals surface area contributed by atoms with Crippen LogP contribution >= 0.6 is 22.9 Å². The normalized spacial score (nSPS) is 10.5. The van der Waals surface area contributed by atoms with Crippen molar-refractivity contribution in [2.24, 2.45) is 5.73 Å². The van der Waals surface area contributed by atoms with Crippen molar-refractivity contribution >= 4 is 39.8 Å². The van der Waals surface area contributed by atoms with Crippen molar-refractivity contribution in [3.8, 4) is 10.4 Å².